The lowest BCUT2D eigenvalue weighted by Gasteiger charge is -2.53. The summed E-state index contributed by atoms with van der Waals surface area (Å²) in [7, 11) is 1.92. The van der Waals surface area contributed by atoms with Gasteiger partial charge >= 0.3 is 0 Å². The number of ether oxygens (including phenoxy) is 1. The lowest BCUT2D eigenvalue weighted by atomic mass is 9.61. The van der Waals surface area contributed by atoms with Crippen molar-refractivity contribution < 1.29 is 13.5 Å². The molecule has 0 aliphatic heterocycles. The number of nitrogens with one attached hydrogen (secondary N) is 1. The van der Waals surface area contributed by atoms with Crippen LogP contribution in [0.3, 0.4) is 0 Å². The van der Waals surface area contributed by atoms with Crippen LogP contribution in [0.5, 0.6) is 5.75 Å². The van der Waals surface area contributed by atoms with Gasteiger partial charge in [0.2, 0.25) is 0 Å². The summed E-state index contributed by atoms with van der Waals surface area (Å²) in [6.07, 6.45) is 1.77. The van der Waals surface area contributed by atoms with E-state index in [4.69, 9.17) is 4.74 Å². The van der Waals surface area contributed by atoms with Gasteiger partial charge in [-0.2, -0.15) is 0 Å². The van der Waals surface area contributed by atoms with Gasteiger partial charge in [-0.3, -0.25) is 0 Å². The molecular weight excluding hydrogens is 236 g/mol. The number of rotatable bonds is 4. The van der Waals surface area contributed by atoms with Crippen LogP contribution in [0.15, 0.2) is 18.2 Å². The van der Waals surface area contributed by atoms with Crippen LogP contribution in [0.25, 0.3) is 0 Å². The van der Waals surface area contributed by atoms with Crippen LogP contribution in [0.1, 0.15) is 26.7 Å². The highest BCUT2D eigenvalue weighted by Crippen LogP contribution is 2.46. The average Bonchev–Trinajstić information content (AvgIpc) is 2.35. The summed E-state index contributed by atoms with van der Waals surface area (Å²) >= 11 is 0. The zero-order valence-electron chi connectivity index (χ0n) is 11.0. The second-order valence-corrected chi connectivity index (χ2v) is 5.12. The molecule has 1 aromatic carbocycles. The fourth-order valence-electron chi connectivity index (χ4n) is 2.64. The summed E-state index contributed by atoms with van der Waals surface area (Å²) in [6.45, 7) is 4.23. The van der Waals surface area contributed by atoms with Crippen molar-refractivity contribution in [2.24, 2.45) is 5.41 Å². The molecule has 0 radical (unpaired) electrons. The first-order valence-electron chi connectivity index (χ1n) is 6.30. The molecule has 0 spiro atoms. The van der Waals surface area contributed by atoms with Crippen molar-refractivity contribution in [3.05, 3.63) is 29.8 Å². The molecule has 0 amide bonds. The minimum absolute atomic E-state index is 0.00439. The van der Waals surface area contributed by atoms with E-state index < -0.39 is 11.6 Å². The quantitative estimate of drug-likeness (QED) is 0.892. The van der Waals surface area contributed by atoms with Crippen molar-refractivity contribution in [1.82, 2.24) is 5.32 Å². The third kappa shape index (κ3) is 2.09. The Hall–Kier alpha value is -1.16. The van der Waals surface area contributed by atoms with Gasteiger partial charge < -0.3 is 10.1 Å². The molecule has 1 aromatic rings. The van der Waals surface area contributed by atoms with Crippen molar-refractivity contribution in [1.29, 1.82) is 0 Å². The maximum Gasteiger partial charge on any atom is 0.167 e. The Kier molecular flexibility index (Phi) is 3.57. The molecular formula is C14H19F2NO. The molecule has 1 saturated carbocycles. The van der Waals surface area contributed by atoms with Gasteiger partial charge in [-0.05, 0) is 25.6 Å². The van der Waals surface area contributed by atoms with Gasteiger partial charge in [-0.1, -0.05) is 13.8 Å². The van der Waals surface area contributed by atoms with Gasteiger partial charge in [0.05, 0.1) is 0 Å². The first-order chi connectivity index (χ1) is 8.51. The standard InChI is InChI=1S/C14H19F2NO/c1-4-14(2)12(17-3)8-13(14)18-11-6-5-9(15)7-10(11)16/h5-7,12-13,17H,4,8H2,1-3H3. The molecule has 3 unspecified atom stereocenters. The summed E-state index contributed by atoms with van der Waals surface area (Å²) in [5.41, 5.74) is -0.00439. The molecule has 100 valence electrons. The normalized spacial score (nSPS) is 30.9. The number of benzene rings is 1. The van der Waals surface area contributed by atoms with Crippen LogP contribution >= 0.6 is 0 Å². The Morgan fingerprint density at radius 1 is 1.44 bits per heavy atom. The number of halogens is 2. The third-order valence-corrected chi connectivity index (χ3v) is 4.25. The Bertz CT molecular complexity index is 438. The molecule has 3 atom stereocenters. The van der Waals surface area contributed by atoms with Crippen LogP contribution in [0.2, 0.25) is 0 Å². The number of hydrogen-bond donors (Lipinski definition) is 1. The smallest absolute Gasteiger partial charge is 0.167 e. The summed E-state index contributed by atoms with van der Waals surface area (Å²) < 4.78 is 32.0. The maximum atomic E-state index is 13.5. The van der Waals surface area contributed by atoms with E-state index in [1.54, 1.807) is 0 Å². The summed E-state index contributed by atoms with van der Waals surface area (Å²) in [6, 6.07) is 3.81. The van der Waals surface area contributed by atoms with E-state index in [9.17, 15) is 8.78 Å². The zero-order chi connectivity index (χ0) is 13.3. The molecule has 1 fully saturated rings. The predicted octanol–water partition coefficient (Wildman–Crippen LogP) is 3.12. The summed E-state index contributed by atoms with van der Waals surface area (Å²) in [4.78, 5) is 0. The zero-order valence-corrected chi connectivity index (χ0v) is 11.0. The van der Waals surface area contributed by atoms with E-state index in [1.807, 2.05) is 7.05 Å². The highest BCUT2D eigenvalue weighted by Gasteiger charge is 2.51. The Morgan fingerprint density at radius 3 is 2.72 bits per heavy atom. The van der Waals surface area contributed by atoms with Crippen molar-refractivity contribution in [3.63, 3.8) is 0 Å². The van der Waals surface area contributed by atoms with Gasteiger partial charge in [0.1, 0.15) is 11.9 Å². The molecule has 0 bridgehead atoms. The fraction of sp³-hybridized carbons (Fsp3) is 0.571. The van der Waals surface area contributed by atoms with Gasteiger partial charge in [0.15, 0.2) is 11.6 Å². The van der Waals surface area contributed by atoms with Gasteiger partial charge in [0, 0.05) is 23.9 Å². The van der Waals surface area contributed by atoms with Gasteiger partial charge in [-0.15, -0.1) is 0 Å². The monoisotopic (exact) mass is 255 g/mol. The second kappa shape index (κ2) is 4.84. The molecule has 0 aromatic heterocycles. The average molecular weight is 255 g/mol. The van der Waals surface area contributed by atoms with E-state index in [2.05, 4.69) is 19.2 Å². The van der Waals surface area contributed by atoms with E-state index in [1.165, 1.54) is 12.1 Å². The Morgan fingerprint density at radius 2 is 2.17 bits per heavy atom. The van der Waals surface area contributed by atoms with Crippen LogP contribution in [0, 0.1) is 17.0 Å². The first kappa shape index (κ1) is 13.3. The highest BCUT2D eigenvalue weighted by atomic mass is 19.1. The van der Waals surface area contributed by atoms with Crippen LogP contribution in [-0.2, 0) is 0 Å². The molecule has 1 N–H and O–H groups in total. The Labute approximate surface area is 106 Å². The van der Waals surface area contributed by atoms with E-state index in [-0.39, 0.29) is 17.3 Å². The second-order valence-electron chi connectivity index (χ2n) is 5.12. The van der Waals surface area contributed by atoms with Crippen LogP contribution in [-0.4, -0.2) is 19.2 Å². The first-order valence-corrected chi connectivity index (χ1v) is 6.30. The Balaban J connectivity index is 2.11. The maximum absolute atomic E-state index is 13.5. The van der Waals surface area contributed by atoms with Gasteiger partial charge in [-0.25, -0.2) is 8.78 Å². The minimum Gasteiger partial charge on any atom is -0.487 e. The molecule has 1 aliphatic carbocycles. The predicted molar refractivity (Wildman–Crippen MR) is 66.6 cm³/mol. The molecule has 4 heteroatoms. The summed E-state index contributed by atoms with van der Waals surface area (Å²) in [5, 5.41) is 3.25. The van der Waals surface area contributed by atoms with E-state index in [0.717, 1.165) is 18.9 Å². The topological polar surface area (TPSA) is 21.3 Å². The van der Waals surface area contributed by atoms with Crippen molar-refractivity contribution in [3.8, 4) is 5.75 Å². The molecule has 1 aliphatic rings. The fourth-order valence-corrected chi connectivity index (χ4v) is 2.64. The van der Waals surface area contributed by atoms with E-state index in [0.29, 0.717) is 6.04 Å². The highest BCUT2D eigenvalue weighted by molar-refractivity contribution is 5.26. The molecule has 2 rings (SSSR count). The van der Waals surface area contributed by atoms with Crippen molar-refractivity contribution in [2.45, 2.75) is 38.8 Å². The molecule has 18 heavy (non-hydrogen) atoms. The molecule has 2 nitrogen and oxygen atoms in total. The summed E-state index contributed by atoms with van der Waals surface area (Å²) in [5.74, 6) is -1.09. The SMILES string of the molecule is CCC1(C)C(NC)CC1Oc1ccc(F)cc1F. The van der Waals surface area contributed by atoms with Crippen molar-refractivity contribution in [2.75, 3.05) is 7.05 Å². The van der Waals surface area contributed by atoms with E-state index >= 15 is 0 Å². The lowest BCUT2D eigenvalue weighted by Crippen LogP contribution is -2.62. The third-order valence-electron chi connectivity index (χ3n) is 4.25. The van der Waals surface area contributed by atoms with Crippen LogP contribution < -0.4 is 10.1 Å². The van der Waals surface area contributed by atoms with Gasteiger partial charge in [0.25, 0.3) is 0 Å². The lowest BCUT2D eigenvalue weighted by molar-refractivity contribution is -0.0693. The molecule has 0 heterocycles. The van der Waals surface area contributed by atoms with Crippen molar-refractivity contribution >= 4 is 0 Å². The number of hydrogen-bond acceptors (Lipinski definition) is 2. The minimum atomic E-state index is -0.638. The molecule has 0 saturated heterocycles. The largest absolute Gasteiger partial charge is 0.487 e. The van der Waals surface area contributed by atoms with Crippen LogP contribution in [0.4, 0.5) is 8.78 Å².